The molecular weight excluding hydrogens is 626 g/mol. The molecule has 3 bridgehead atoms. The number of nitrogens with two attached hydrogens (primary N) is 1. The summed E-state index contributed by atoms with van der Waals surface area (Å²) >= 11 is 0. The molecule has 7 rings (SSSR count). The van der Waals surface area contributed by atoms with Gasteiger partial charge >= 0.3 is 5.97 Å². The molecule has 1 saturated carbocycles. The third-order valence-corrected chi connectivity index (χ3v) is 11.1. The van der Waals surface area contributed by atoms with Gasteiger partial charge in [0.1, 0.15) is 30.5 Å². The van der Waals surface area contributed by atoms with Gasteiger partial charge in [-0.2, -0.15) is 0 Å². The zero-order valence-electron chi connectivity index (χ0n) is 28.5. The molecule has 3 N–H and O–H groups in total. The Morgan fingerprint density at radius 2 is 1.88 bits per heavy atom. The number of benzene rings is 2. The summed E-state index contributed by atoms with van der Waals surface area (Å²) < 4.78 is 37.8. The van der Waals surface area contributed by atoms with Gasteiger partial charge in [0.15, 0.2) is 17.3 Å². The predicted molar refractivity (Wildman–Crippen MR) is 180 cm³/mol. The van der Waals surface area contributed by atoms with Crippen molar-refractivity contribution in [3.63, 3.8) is 0 Å². The van der Waals surface area contributed by atoms with E-state index in [4.69, 9.17) is 34.2 Å². The number of ether oxygens (including phenoxy) is 6. The highest BCUT2D eigenvalue weighted by molar-refractivity contribution is 6.04. The van der Waals surface area contributed by atoms with Crippen molar-refractivity contribution in [1.29, 1.82) is 0 Å². The van der Waals surface area contributed by atoms with E-state index < -0.39 is 46.7 Å². The Morgan fingerprint density at radius 1 is 1.10 bits per heavy atom. The third-order valence-electron chi connectivity index (χ3n) is 11.1. The van der Waals surface area contributed by atoms with Gasteiger partial charge in [0.2, 0.25) is 0 Å². The van der Waals surface area contributed by atoms with E-state index in [1.165, 1.54) is 7.11 Å². The highest BCUT2D eigenvalue weighted by atomic mass is 16.9. The van der Waals surface area contributed by atoms with Gasteiger partial charge in [-0.3, -0.25) is 9.59 Å². The van der Waals surface area contributed by atoms with Crippen molar-refractivity contribution in [2.75, 3.05) is 26.9 Å². The Bertz CT molecular complexity index is 1740. The highest BCUT2D eigenvalue weighted by Crippen LogP contribution is 2.68. The molecule has 2 aliphatic heterocycles. The summed E-state index contributed by atoms with van der Waals surface area (Å²) in [6, 6.07) is 15.1. The van der Waals surface area contributed by atoms with Gasteiger partial charge < -0.3 is 39.3 Å². The van der Waals surface area contributed by atoms with E-state index in [0.717, 1.165) is 11.1 Å². The first kappa shape index (κ1) is 33.7. The molecule has 2 saturated heterocycles. The maximum atomic E-state index is 13.9. The normalized spacial score (nSPS) is 35.5. The fraction of sp³-hybridized carbons (Fsp3) is 0.487. The minimum Gasteiger partial charge on any atom is -0.493 e. The van der Waals surface area contributed by atoms with Crippen LogP contribution in [-0.2, 0) is 41.4 Å². The number of esters is 1. The number of ketones is 1. The van der Waals surface area contributed by atoms with Gasteiger partial charge in [0.25, 0.3) is 5.97 Å². The SMILES string of the molecule is C=C(C)[C@]12C[C@@H](C)[C@@]34OC(Cc5ccccc5)(O[C@H]1[C@@H]3C=C(COC(=O)Cc1ccc(OCCN)c(OC)c1)C[C@]1(O)C(=O)C(C)=C[C@@H]41)O2. The molecule has 49 heavy (non-hydrogen) atoms. The summed E-state index contributed by atoms with van der Waals surface area (Å²) in [5.41, 5.74) is 5.42. The minimum atomic E-state index is -1.80. The molecule has 10 heteroatoms. The smallest absolute Gasteiger partial charge is 0.310 e. The second-order valence-electron chi connectivity index (χ2n) is 14.3. The second-order valence-corrected chi connectivity index (χ2v) is 14.3. The quantitative estimate of drug-likeness (QED) is 0.262. The van der Waals surface area contributed by atoms with Gasteiger partial charge in [-0.25, -0.2) is 0 Å². The van der Waals surface area contributed by atoms with Gasteiger partial charge in [-0.1, -0.05) is 62.1 Å². The average molecular weight is 672 g/mol. The molecule has 0 spiro atoms. The van der Waals surface area contributed by atoms with Crippen LogP contribution in [0.25, 0.3) is 0 Å². The molecular formula is C39H45NO9. The molecule has 2 aromatic rings. The molecule has 5 aliphatic rings. The fourth-order valence-corrected chi connectivity index (χ4v) is 8.99. The van der Waals surface area contributed by atoms with E-state index in [2.05, 4.69) is 13.5 Å². The van der Waals surface area contributed by atoms with Crippen molar-refractivity contribution in [2.24, 2.45) is 23.5 Å². The van der Waals surface area contributed by atoms with Crippen molar-refractivity contribution in [3.05, 3.63) is 95.1 Å². The topological polar surface area (TPSA) is 136 Å². The molecule has 10 nitrogen and oxygen atoms in total. The lowest BCUT2D eigenvalue weighted by atomic mass is 9.55. The van der Waals surface area contributed by atoms with Gasteiger partial charge in [0.05, 0.1) is 25.6 Å². The molecule has 2 aromatic carbocycles. The van der Waals surface area contributed by atoms with Crippen molar-refractivity contribution in [2.45, 2.75) is 75.3 Å². The van der Waals surface area contributed by atoms with Crippen LogP contribution in [0.3, 0.4) is 0 Å². The van der Waals surface area contributed by atoms with E-state index in [-0.39, 0.29) is 31.1 Å². The lowest BCUT2D eigenvalue weighted by molar-refractivity contribution is -0.421. The molecule has 8 atom stereocenters. The summed E-state index contributed by atoms with van der Waals surface area (Å²) in [6.45, 7) is 10.7. The van der Waals surface area contributed by atoms with Crippen LogP contribution in [0, 0.1) is 17.8 Å². The van der Waals surface area contributed by atoms with Crippen molar-refractivity contribution >= 4 is 11.8 Å². The Labute approximate surface area is 286 Å². The van der Waals surface area contributed by atoms with Crippen LogP contribution >= 0.6 is 0 Å². The van der Waals surface area contributed by atoms with Gasteiger partial charge in [-0.05, 0) is 66.2 Å². The Hall–Kier alpha value is -3.80. The fourth-order valence-electron chi connectivity index (χ4n) is 8.99. The van der Waals surface area contributed by atoms with E-state index >= 15 is 0 Å². The lowest BCUT2D eigenvalue weighted by Crippen LogP contribution is -2.70. The first-order chi connectivity index (χ1) is 23.4. The first-order valence-corrected chi connectivity index (χ1v) is 17.0. The Kier molecular flexibility index (Phi) is 8.39. The number of carbonyl (C=O) groups is 2. The second kappa shape index (κ2) is 12.2. The molecule has 1 unspecified atom stereocenters. The number of Topliss-reactive ketones (excluding diaryl/α,β-unsaturated/α-hetero) is 1. The largest absolute Gasteiger partial charge is 0.493 e. The maximum Gasteiger partial charge on any atom is 0.310 e. The number of hydrogen-bond donors (Lipinski definition) is 2. The van der Waals surface area contributed by atoms with Crippen LogP contribution in [0.2, 0.25) is 0 Å². The van der Waals surface area contributed by atoms with Crippen LogP contribution in [0.5, 0.6) is 11.5 Å². The van der Waals surface area contributed by atoms with Crippen molar-refractivity contribution in [3.8, 4) is 11.5 Å². The van der Waals surface area contributed by atoms with Crippen molar-refractivity contribution in [1.82, 2.24) is 0 Å². The van der Waals surface area contributed by atoms with Crippen LogP contribution in [0.4, 0.5) is 0 Å². The number of aliphatic hydroxyl groups is 1. The van der Waals surface area contributed by atoms with Gasteiger partial charge in [0, 0.05) is 24.8 Å². The van der Waals surface area contributed by atoms with E-state index in [9.17, 15) is 14.7 Å². The highest BCUT2D eigenvalue weighted by Gasteiger charge is 2.79. The summed E-state index contributed by atoms with van der Waals surface area (Å²) in [6.07, 6.45) is 4.22. The molecule has 260 valence electrons. The minimum absolute atomic E-state index is 0.00765. The van der Waals surface area contributed by atoms with E-state index in [1.807, 2.05) is 49.4 Å². The zero-order chi connectivity index (χ0) is 34.8. The summed E-state index contributed by atoms with van der Waals surface area (Å²) in [4.78, 5) is 27.1. The predicted octanol–water partition coefficient (Wildman–Crippen LogP) is 4.38. The third kappa shape index (κ3) is 5.27. The molecule has 3 aliphatic carbocycles. The number of rotatable bonds is 11. The zero-order valence-corrected chi connectivity index (χ0v) is 28.5. The molecule has 0 aromatic heterocycles. The first-order valence-electron chi connectivity index (χ1n) is 17.0. The molecule has 0 amide bonds. The Balaban J connectivity index is 1.22. The van der Waals surface area contributed by atoms with Gasteiger partial charge in [-0.15, -0.1) is 0 Å². The Morgan fingerprint density at radius 3 is 2.59 bits per heavy atom. The van der Waals surface area contributed by atoms with Crippen LogP contribution in [0.1, 0.15) is 44.7 Å². The number of carbonyl (C=O) groups excluding carboxylic acids is 2. The van der Waals surface area contributed by atoms with Crippen LogP contribution in [0.15, 0.2) is 84.0 Å². The monoisotopic (exact) mass is 671 g/mol. The number of fused-ring (bicyclic) bond motifs is 2. The average Bonchev–Trinajstić information content (AvgIpc) is 3.38. The number of hydrogen-bond acceptors (Lipinski definition) is 10. The molecule has 3 fully saturated rings. The number of methoxy groups -OCH3 is 1. The van der Waals surface area contributed by atoms with Crippen molar-refractivity contribution < 1.29 is 43.1 Å². The van der Waals surface area contributed by atoms with Crippen LogP contribution in [-0.4, -0.2) is 72.6 Å². The summed E-state index contributed by atoms with van der Waals surface area (Å²) in [5, 5.41) is 12.5. The van der Waals surface area contributed by atoms with Crippen LogP contribution < -0.4 is 15.2 Å². The summed E-state index contributed by atoms with van der Waals surface area (Å²) in [7, 11) is 1.53. The summed E-state index contributed by atoms with van der Waals surface area (Å²) in [5.74, 6) is -2.53. The maximum absolute atomic E-state index is 13.9. The standard InChI is InChI=1S/C39H45NO9/c1-23(2)37-19-25(4)39-29(35(37)47-38(48-37,49-39)21-26-9-7-6-8-10-26)16-28(20-36(43)32(39)15-24(3)34(36)42)22-46-33(41)18-27-11-12-30(45-14-13-40)31(17-27)44-5/h6-12,15-17,25,29,32,35,43H,1,13-14,18-22,40H2,2-5H3/t25-,29+,32-,35+,36-,37-,38?,39-/m1/s1. The van der Waals surface area contributed by atoms with E-state index in [0.29, 0.717) is 54.2 Å². The van der Waals surface area contributed by atoms with E-state index in [1.54, 1.807) is 25.1 Å². The molecule has 2 heterocycles. The molecule has 0 radical (unpaired) electrons. The lowest BCUT2D eigenvalue weighted by Gasteiger charge is -2.59.